The molecule has 9 heteroatoms. The van der Waals surface area contributed by atoms with E-state index in [0.717, 1.165) is 21.6 Å². The molecule has 25 heavy (non-hydrogen) atoms. The second-order valence-corrected chi connectivity index (χ2v) is 8.25. The van der Waals surface area contributed by atoms with Crippen LogP contribution in [0.2, 0.25) is 8.67 Å². The van der Waals surface area contributed by atoms with Crippen molar-refractivity contribution in [3.05, 3.63) is 37.2 Å². The lowest BCUT2D eigenvalue weighted by Crippen LogP contribution is -2.15. The highest BCUT2D eigenvalue weighted by molar-refractivity contribution is 7.20. The van der Waals surface area contributed by atoms with Crippen LogP contribution in [-0.2, 0) is 6.54 Å². The number of methoxy groups -OCH3 is 2. The first-order valence-electron chi connectivity index (χ1n) is 7.27. The smallest absolute Gasteiger partial charge is 0.282 e. The van der Waals surface area contributed by atoms with Gasteiger partial charge in [0.25, 0.3) is 5.91 Å². The number of hydrogen-bond acceptors (Lipinski definition) is 5. The van der Waals surface area contributed by atoms with E-state index in [2.05, 4.69) is 4.99 Å². The molecular weight excluding hydrogens is 403 g/mol. The number of rotatable bonds is 4. The molecule has 3 aromatic rings. The lowest BCUT2D eigenvalue weighted by atomic mass is 10.3. The summed E-state index contributed by atoms with van der Waals surface area (Å²) in [5.41, 5.74) is 1.23. The van der Waals surface area contributed by atoms with Crippen molar-refractivity contribution >= 4 is 62.0 Å². The Morgan fingerprint density at radius 1 is 1.16 bits per heavy atom. The predicted octanol–water partition coefficient (Wildman–Crippen LogP) is 4.85. The van der Waals surface area contributed by atoms with Crippen LogP contribution in [0.15, 0.2) is 23.2 Å². The Morgan fingerprint density at radius 3 is 2.40 bits per heavy atom. The molecule has 0 saturated carbocycles. The van der Waals surface area contributed by atoms with Crippen LogP contribution in [0.1, 0.15) is 17.3 Å². The van der Waals surface area contributed by atoms with Crippen molar-refractivity contribution in [2.75, 3.05) is 14.2 Å². The molecule has 2 aromatic heterocycles. The normalized spacial score (nSPS) is 12.0. The molecule has 3 rings (SSSR count). The molecule has 1 amide bonds. The number of hydrogen-bond donors (Lipinski definition) is 0. The minimum absolute atomic E-state index is 0.312. The van der Waals surface area contributed by atoms with Gasteiger partial charge < -0.3 is 14.0 Å². The van der Waals surface area contributed by atoms with E-state index in [9.17, 15) is 4.79 Å². The summed E-state index contributed by atoms with van der Waals surface area (Å²) in [6.07, 6.45) is 0. The van der Waals surface area contributed by atoms with Crippen molar-refractivity contribution in [2.45, 2.75) is 13.5 Å². The molecule has 132 valence electrons. The summed E-state index contributed by atoms with van der Waals surface area (Å²) < 4.78 is 14.4. The monoisotopic (exact) mass is 416 g/mol. The minimum atomic E-state index is -0.416. The number of halogens is 2. The van der Waals surface area contributed by atoms with Crippen LogP contribution in [0.25, 0.3) is 10.2 Å². The summed E-state index contributed by atoms with van der Waals surface area (Å²) in [5, 5.41) is 0. The molecule has 0 spiro atoms. The number of thiazole rings is 1. The van der Waals surface area contributed by atoms with Crippen LogP contribution < -0.4 is 14.3 Å². The molecule has 0 aliphatic heterocycles. The molecule has 0 fully saturated rings. The van der Waals surface area contributed by atoms with E-state index in [1.54, 1.807) is 14.2 Å². The zero-order chi connectivity index (χ0) is 18.1. The fourth-order valence-corrected chi connectivity index (χ4v) is 4.97. The Kier molecular flexibility index (Phi) is 5.38. The third-order valence-electron chi connectivity index (χ3n) is 3.59. The van der Waals surface area contributed by atoms with Gasteiger partial charge in [0.15, 0.2) is 16.3 Å². The maximum absolute atomic E-state index is 12.5. The highest BCUT2D eigenvalue weighted by Gasteiger charge is 2.16. The summed E-state index contributed by atoms with van der Waals surface area (Å²) in [5.74, 6) is 0.839. The number of nitrogens with zero attached hydrogens (tertiary/aromatic N) is 2. The van der Waals surface area contributed by atoms with Crippen LogP contribution in [0.4, 0.5) is 0 Å². The van der Waals surface area contributed by atoms with Gasteiger partial charge >= 0.3 is 0 Å². The molecule has 2 heterocycles. The van der Waals surface area contributed by atoms with E-state index in [1.165, 1.54) is 17.4 Å². The Bertz CT molecular complexity index is 1020. The maximum atomic E-state index is 12.5. The van der Waals surface area contributed by atoms with Gasteiger partial charge in [0.1, 0.15) is 4.34 Å². The summed E-state index contributed by atoms with van der Waals surface area (Å²) in [7, 11) is 3.17. The van der Waals surface area contributed by atoms with E-state index in [1.807, 2.05) is 23.6 Å². The molecule has 0 bridgehead atoms. The number of benzene rings is 1. The third kappa shape index (κ3) is 3.42. The van der Waals surface area contributed by atoms with Crippen LogP contribution in [0.3, 0.4) is 0 Å². The van der Waals surface area contributed by atoms with Gasteiger partial charge in [-0.05, 0) is 13.0 Å². The van der Waals surface area contributed by atoms with E-state index >= 15 is 0 Å². The van der Waals surface area contributed by atoms with Crippen molar-refractivity contribution in [1.82, 2.24) is 4.57 Å². The molecular formula is C16H14Cl2N2O3S2. The first kappa shape index (κ1) is 18.3. The summed E-state index contributed by atoms with van der Waals surface area (Å²) in [6.45, 7) is 2.64. The van der Waals surface area contributed by atoms with Gasteiger partial charge in [0.2, 0.25) is 0 Å². The lowest BCUT2D eigenvalue weighted by molar-refractivity contribution is 0.0998. The van der Waals surface area contributed by atoms with E-state index < -0.39 is 5.91 Å². The second kappa shape index (κ2) is 7.37. The van der Waals surface area contributed by atoms with Crippen LogP contribution in [0.5, 0.6) is 11.5 Å². The van der Waals surface area contributed by atoms with E-state index in [0.29, 0.717) is 37.1 Å². The van der Waals surface area contributed by atoms with Crippen molar-refractivity contribution in [3.63, 3.8) is 0 Å². The standard InChI is InChI=1S/C16H14Cl2N2O3S2/c1-4-20-9-6-10(22-2)11(23-3)7-12(9)24-16(20)19-15(21)8-5-13(17)25-14(8)18/h5-7H,4H2,1-3H3. The lowest BCUT2D eigenvalue weighted by Gasteiger charge is -2.08. The Hall–Kier alpha value is -1.54. The van der Waals surface area contributed by atoms with Crippen LogP contribution in [0, 0.1) is 0 Å². The molecule has 0 aliphatic carbocycles. The zero-order valence-corrected chi connectivity index (χ0v) is 16.8. The van der Waals surface area contributed by atoms with Crippen LogP contribution >= 0.6 is 45.9 Å². The van der Waals surface area contributed by atoms with Crippen molar-refractivity contribution in [3.8, 4) is 11.5 Å². The molecule has 0 saturated heterocycles. The number of fused-ring (bicyclic) bond motifs is 1. The number of thiophene rings is 1. The molecule has 0 aliphatic rings. The van der Waals surface area contributed by atoms with Gasteiger partial charge in [0, 0.05) is 18.7 Å². The predicted molar refractivity (Wildman–Crippen MR) is 103 cm³/mol. The SMILES string of the molecule is CCn1c(=NC(=O)c2cc(Cl)sc2Cl)sc2cc(OC)c(OC)cc21. The molecule has 0 unspecified atom stereocenters. The number of ether oxygens (including phenoxy) is 2. The highest BCUT2D eigenvalue weighted by atomic mass is 35.5. The van der Waals surface area contributed by atoms with Gasteiger partial charge in [-0.2, -0.15) is 4.99 Å². The van der Waals surface area contributed by atoms with Gasteiger partial charge in [-0.25, -0.2) is 0 Å². The summed E-state index contributed by atoms with van der Waals surface area (Å²) in [4.78, 5) is 17.3. The zero-order valence-electron chi connectivity index (χ0n) is 13.6. The number of carbonyl (C=O) groups is 1. The number of amides is 1. The van der Waals surface area contributed by atoms with Gasteiger partial charge in [-0.3, -0.25) is 4.79 Å². The summed E-state index contributed by atoms with van der Waals surface area (Å²) in [6, 6.07) is 5.30. The number of carbonyl (C=O) groups excluding carboxylic acids is 1. The molecule has 0 atom stereocenters. The Balaban J connectivity index is 2.18. The third-order valence-corrected chi connectivity index (χ3v) is 6.12. The summed E-state index contributed by atoms with van der Waals surface area (Å²) >= 11 is 14.5. The Morgan fingerprint density at radius 2 is 1.84 bits per heavy atom. The number of aromatic nitrogens is 1. The maximum Gasteiger partial charge on any atom is 0.282 e. The topological polar surface area (TPSA) is 52.8 Å². The molecule has 5 nitrogen and oxygen atoms in total. The average Bonchev–Trinajstić information content (AvgIpc) is 3.11. The first-order valence-corrected chi connectivity index (χ1v) is 9.66. The van der Waals surface area contributed by atoms with Crippen molar-refractivity contribution < 1.29 is 14.3 Å². The fourth-order valence-electron chi connectivity index (χ4n) is 2.42. The van der Waals surface area contributed by atoms with Gasteiger partial charge in [-0.1, -0.05) is 34.5 Å². The average molecular weight is 417 g/mol. The molecule has 0 radical (unpaired) electrons. The molecule has 0 N–H and O–H groups in total. The second-order valence-electron chi connectivity index (χ2n) is 4.96. The van der Waals surface area contributed by atoms with E-state index in [-0.39, 0.29) is 0 Å². The number of aryl methyl sites for hydroxylation is 1. The first-order chi connectivity index (χ1) is 12.0. The van der Waals surface area contributed by atoms with E-state index in [4.69, 9.17) is 32.7 Å². The Labute approximate surface area is 162 Å². The molecule has 1 aromatic carbocycles. The van der Waals surface area contributed by atoms with Crippen molar-refractivity contribution in [2.24, 2.45) is 4.99 Å². The van der Waals surface area contributed by atoms with Gasteiger partial charge in [-0.15, -0.1) is 11.3 Å². The van der Waals surface area contributed by atoms with Crippen molar-refractivity contribution in [1.29, 1.82) is 0 Å². The van der Waals surface area contributed by atoms with Gasteiger partial charge in [0.05, 0.1) is 34.3 Å². The van der Waals surface area contributed by atoms with Crippen LogP contribution in [-0.4, -0.2) is 24.7 Å². The minimum Gasteiger partial charge on any atom is -0.493 e. The fraction of sp³-hybridized carbons (Fsp3) is 0.250. The quantitative estimate of drug-likeness (QED) is 0.610. The highest BCUT2D eigenvalue weighted by Crippen LogP contribution is 2.34. The largest absolute Gasteiger partial charge is 0.493 e.